The van der Waals surface area contributed by atoms with Crippen LogP contribution in [0.4, 0.5) is 0 Å². The van der Waals surface area contributed by atoms with Gasteiger partial charge in [-0.15, -0.1) is 0 Å². The van der Waals surface area contributed by atoms with Gasteiger partial charge in [-0.05, 0) is 103 Å². The summed E-state index contributed by atoms with van der Waals surface area (Å²) < 4.78 is 0. The highest BCUT2D eigenvalue weighted by Gasteiger charge is 2.57. The molecule has 3 aliphatic carbocycles. The number of fused-ring (bicyclic) bond motifs is 4. The number of hydrogen-bond donors (Lipinski definition) is 1. The van der Waals surface area contributed by atoms with Crippen molar-refractivity contribution in [3.8, 4) is 35.2 Å². The van der Waals surface area contributed by atoms with Gasteiger partial charge in [0.15, 0.2) is 5.82 Å². The third-order valence-corrected chi connectivity index (χ3v) is 14.5. The Morgan fingerprint density at radius 2 is 1.55 bits per heavy atom. The Bertz CT molecular complexity index is 2950. The SMILES string of the molecule is O=C1CCC(N2Cc3cc(C#CCN4CCN(CC#Cc5ccc(/C=C/C67CC(C6)C(C(=O)N6CCc8ccc(-c9ncc%10ccccc%10n9)nc8C6)C7)cc5)CC4)ccc3C2=O)C(=O)N1. The van der Waals surface area contributed by atoms with Crippen LogP contribution in [-0.2, 0) is 33.9 Å². The normalized spacial score (nSPS) is 23.7. The highest BCUT2D eigenvalue weighted by atomic mass is 16.2. The van der Waals surface area contributed by atoms with Gasteiger partial charge in [-0.25, -0.2) is 15.0 Å². The minimum atomic E-state index is -0.621. The molecule has 330 valence electrons. The van der Waals surface area contributed by atoms with Crippen molar-refractivity contribution in [1.29, 1.82) is 0 Å². The molecule has 5 aromatic rings. The van der Waals surface area contributed by atoms with Gasteiger partial charge in [0.1, 0.15) is 11.7 Å². The van der Waals surface area contributed by atoms with Crippen molar-refractivity contribution in [2.24, 2.45) is 17.3 Å². The maximum atomic E-state index is 14.0. The van der Waals surface area contributed by atoms with E-state index in [4.69, 9.17) is 9.97 Å². The number of nitrogens with zero attached hydrogens (tertiary/aromatic N) is 7. The summed E-state index contributed by atoms with van der Waals surface area (Å²) in [6, 6.07) is 25.5. The molecule has 12 heteroatoms. The topological polar surface area (TPSA) is 132 Å². The van der Waals surface area contributed by atoms with E-state index in [9.17, 15) is 19.2 Å². The summed E-state index contributed by atoms with van der Waals surface area (Å²) in [6.45, 7) is 6.69. The van der Waals surface area contributed by atoms with E-state index in [0.29, 0.717) is 43.4 Å². The van der Waals surface area contributed by atoms with Crippen LogP contribution in [0.1, 0.15) is 76.0 Å². The number of imide groups is 1. The summed E-state index contributed by atoms with van der Waals surface area (Å²) in [7, 11) is 0. The molecule has 66 heavy (non-hydrogen) atoms. The van der Waals surface area contributed by atoms with E-state index in [1.807, 2.05) is 53.6 Å². The number of benzene rings is 3. The molecule has 6 heterocycles. The molecule has 0 spiro atoms. The van der Waals surface area contributed by atoms with Gasteiger partial charge in [-0.3, -0.25) is 34.3 Å². The molecule has 2 saturated heterocycles. The molecule has 2 unspecified atom stereocenters. The Morgan fingerprint density at radius 3 is 2.33 bits per heavy atom. The lowest BCUT2D eigenvalue weighted by atomic mass is 9.69. The van der Waals surface area contributed by atoms with Crippen LogP contribution >= 0.6 is 0 Å². The number of allylic oxidation sites excluding steroid dienone is 1. The molecule has 7 aliphatic rings. The summed E-state index contributed by atoms with van der Waals surface area (Å²) in [5.74, 6) is 13.8. The molecule has 2 aromatic heterocycles. The Kier molecular flexibility index (Phi) is 11.0. The van der Waals surface area contributed by atoms with Gasteiger partial charge in [0.25, 0.3) is 5.91 Å². The monoisotopic (exact) mass is 874 g/mol. The first-order valence-corrected chi connectivity index (χ1v) is 23.2. The number of piperidine rings is 1. The Hall–Kier alpha value is -6.99. The lowest BCUT2D eigenvalue weighted by molar-refractivity contribution is -0.138. The molecule has 4 amide bonds. The first kappa shape index (κ1) is 41.7. The molecular formula is C54H50N8O4. The van der Waals surface area contributed by atoms with E-state index >= 15 is 0 Å². The van der Waals surface area contributed by atoms with Gasteiger partial charge >= 0.3 is 0 Å². The maximum Gasteiger partial charge on any atom is 0.255 e. The van der Waals surface area contributed by atoms with Gasteiger partial charge in [0.05, 0.1) is 30.8 Å². The van der Waals surface area contributed by atoms with E-state index in [0.717, 1.165) is 109 Å². The molecule has 1 N–H and O–H groups in total. The zero-order valence-corrected chi connectivity index (χ0v) is 36.8. The van der Waals surface area contributed by atoms with E-state index in [1.54, 1.807) is 11.0 Å². The molecule has 2 atom stereocenters. The van der Waals surface area contributed by atoms with E-state index in [-0.39, 0.29) is 35.5 Å². The first-order valence-electron chi connectivity index (χ1n) is 23.2. The van der Waals surface area contributed by atoms with Gasteiger partial charge in [-0.2, -0.15) is 0 Å². The average Bonchev–Trinajstić information content (AvgIpc) is 4.00. The largest absolute Gasteiger partial charge is 0.336 e. The van der Waals surface area contributed by atoms with Crippen molar-refractivity contribution in [3.63, 3.8) is 0 Å². The van der Waals surface area contributed by atoms with Crippen LogP contribution in [0, 0.1) is 40.9 Å². The number of rotatable bonds is 7. The van der Waals surface area contributed by atoms with Gasteiger partial charge in [0, 0.05) is 79.9 Å². The minimum Gasteiger partial charge on any atom is -0.336 e. The van der Waals surface area contributed by atoms with E-state index in [1.165, 1.54) is 5.56 Å². The smallest absolute Gasteiger partial charge is 0.255 e. The number of pyridine rings is 1. The second-order valence-electron chi connectivity index (χ2n) is 18.8. The molecule has 3 saturated carbocycles. The lowest BCUT2D eigenvalue weighted by Gasteiger charge is -2.36. The van der Waals surface area contributed by atoms with Crippen molar-refractivity contribution in [2.75, 3.05) is 45.8 Å². The first-order chi connectivity index (χ1) is 32.2. The van der Waals surface area contributed by atoms with Crippen molar-refractivity contribution < 1.29 is 19.2 Å². The number of nitrogens with one attached hydrogen (secondary N) is 1. The summed E-state index contributed by atoms with van der Waals surface area (Å²) in [4.78, 5) is 73.6. The second kappa shape index (κ2) is 17.4. The molecule has 12 nitrogen and oxygen atoms in total. The third kappa shape index (κ3) is 8.39. The van der Waals surface area contributed by atoms with Gasteiger partial charge in [0.2, 0.25) is 17.7 Å². The number of amides is 4. The Balaban J connectivity index is 0.621. The summed E-state index contributed by atoms with van der Waals surface area (Å²) in [5, 5.41) is 3.35. The predicted molar refractivity (Wildman–Crippen MR) is 250 cm³/mol. The number of para-hydroxylation sites is 1. The fourth-order valence-electron chi connectivity index (χ4n) is 10.8. The second-order valence-corrected chi connectivity index (χ2v) is 18.8. The molecule has 3 aromatic carbocycles. The molecule has 2 bridgehead atoms. The Morgan fingerprint density at radius 1 is 0.788 bits per heavy atom. The third-order valence-electron chi connectivity index (χ3n) is 14.5. The molecule has 5 fully saturated rings. The molecule has 4 aliphatic heterocycles. The molecule has 0 radical (unpaired) electrons. The zero-order chi connectivity index (χ0) is 44.8. The number of hydrogen-bond acceptors (Lipinski definition) is 9. The summed E-state index contributed by atoms with van der Waals surface area (Å²) in [6.07, 6.45) is 10.9. The van der Waals surface area contributed by atoms with Crippen molar-refractivity contribution in [1.82, 2.24) is 39.9 Å². The van der Waals surface area contributed by atoms with Gasteiger partial charge < -0.3 is 9.80 Å². The van der Waals surface area contributed by atoms with Crippen molar-refractivity contribution in [3.05, 3.63) is 130 Å². The average molecular weight is 875 g/mol. The van der Waals surface area contributed by atoms with Crippen LogP contribution in [0.5, 0.6) is 0 Å². The van der Waals surface area contributed by atoms with Crippen molar-refractivity contribution >= 4 is 40.6 Å². The number of piperazine rings is 1. The lowest BCUT2D eigenvalue weighted by Crippen LogP contribution is -2.52. The van der Waals surface area contributed by atoms with Crippen LogP contribution in [-0.4, -0.2) is 110 Å². The standard InChI is InChI=1S/C54H50N8O4/c63-49-18-17-48(51(64)58-49)62-34-41-29-38(13-15-43(41)53(62)66)6-4-23-60-27-25-59(26-28-60)22-3-5-36-9-11-37(12-10-36)19-21-54-30-42(31-54)44(32-54)52(65)61-24-20-39-14-16-46(56-47(39)35-61)50-55-33-40-7-1-2-8-45(40)57-50/h1-2,7-16,19,21,29,33,42,44,48H,17-18,20,22-28,30-32,34-35H2,(H,58,63,64)/b21-19+. The van der Waals surface area contributed by atoms with Crippen molar-refractivity contribution in [2.45, 2.75) is 57.7 Å². The highest BCUT2D eigenvalue weighted by molar-refractivity contribution is 6.05. The van der Waals surface area contributed by atoms with Crippen LogP contribution in [0.2, 0.25) is 0 Å². The van der Waals surface area contributed by atoms with E-state index < -0.39 is 11.9 Å². The maximum absolute atomic E-state index is 14.0. The summed E-state index contributed by atoms with van der Waals surface area (Å²) in [5.41, 5.74) is 8.35. The minimum absolute atomic E-state index is 0.0673. The van der Waals surface area contributed by atoms with Crippen LogP contribution in [0.25, 0.3) is 28.5 Å². The molecular weight excluding hydrogens is 825 g/mol. The zero-order valence-electron chi connectivity index (χ0n) is 36.8. The number of aromatic nitrogens is 3. The fourth-order valence-corrected chi connectivity index (χ4v) is 10.8. The number of carbonyl (C=O) groups excluding carboxylic acids is 4. The fraction of sp³-hybridized carbons (Fsp3) is 0.352. The van der Waals surface area contributed by atoms with Crippen LogP contribution in [0.3, 0.4) is 0 Å². The van der Waals surface area contributed by atoms with Gasteiger partial charge in [-0.1, -0.05) is 72.2 Å². The highest BCUT2D eigenvalue weighted by Crippen LogP contribution is 2.63. The van der Waals surface area contributed by atoms with Crippen LogP contribution < -0.4 is 5.32 Å². The molecule has 12 rings (SSSR count). The predicted octanol–water partition coefficient (Wildman–Crippen LogP) is 5.49. The number of carbonyl (C=O) groups is 4. The van der Waals surface area contributed by atoms with E-state index in [2.05, 4.69) is 86.3 Å². The quantitative estimate of drug-likeness (QED) is 0.167. The summed E-state index contributed by atoms with van der Waals surface area (Å²) >= 11 is 0. The Labute approximate surface area is 384 Å². The van der Waals surface area contributed by atoms with Crippen LogP contribution in [0.15, 0.2) is 91.1 Å².